The quantitative estimate of drug-likeness (QED) is 0.836. The zero-order chi connectivity index (χ0) is 13.8. The lowest BCUT2D eigenvalue weighted by atomic mass is 10.0. The van der Waals surface area contributed by atoms with Gasteiger partial charge in [-0.05, 0) is 25.8 Å². The Morgan fingerprint density at radius 1 is 1.37 bits per heavy atom. The zero-order valence-corrected chi connectivity index (χ0v) is 12.1. The summed E-state index contributed by atoms with van der Waals surface area (Å²) in [6.45, 7) is 7.52. The topological polar surface area (TPSA) is 29.5 Å². The molecule has 0 bridgehead atoms. The Morgan fingerprint density at radius 3 is 2.74 bits per heavy atom. The van der Waals surface area contributed by atoms with E-state index in [4.69, 9.17) is 4.74 Å². The second-order valence-corrected chi connectivity index (χ2v) is 5.27. The predicted molar refractivity (Wildman–Crippen MR) is 76.0 cm³/mol. The second kappa shape index (κ2) is 6.09. The Labute approximate surface area is 115 Å². The molecule has 0 fully saturated rings. The molecule has 1 heterocycles. The highest BCUT2D eigenvalue weighted by Gasteiger charge is 2.27. The van der Waals surface area contributed by atoms with Gasteiger partial charge in [0.1, 0.15) is 11.9 Å². The van der Waals surface area contributed by atoms with Gasteiger partial charge in [-0.2, -0.15) is 0 Å². The molecule has 0 N–H and O–H groups in total. The normalized spacial score (nSPS) is 18.7. The molecule has 0 radical (unpaired) electrons. The first kappa shape index (κ1) is 13.9. The first-order valence-electron chi connectivity index (χ1n) is 7.19. The van der Waals surface area contributed by atoms with Crippen molar-refractivity contribution in [1.82, 2.24) is 4.90 Å². The molecule has 1 atom stereocenters. The Balaban J connectivity index is 2.21. The third-order valence-electron chi connectivity index (χ3n) is 3.79. The van der Waals surface area contributed by atoms with Crippen molar-refractivity contribution in [2.45, 2.75) is 46.3 Å². The van der Waals surface area contributed by atoms with Gasteiger partial charge < -0.3 is 9.64 Å². The van der Waals surface area contributed by atoms with Crippen LogP contribution in [0.2, 0.25) is 0 Å². The van der Waals surface area contributed by atoms with E-state index in [-0.39, 0.29) is 17.9 Å². The average molecular weight is 261 g/mol. The van der Waals surface area contributed by atoms with Gasteiger partial charge in [0.15, 0.2) is 0 Å². The predicted octanol–water partition coefficient (Wildman–Crippen LogP) is 3.23. The van der Waals surface area contributed by atoms with Crippen molar-refractivity contribution in [2.24, 2.45) is 5.92 Å². The largest absolute Gasteiger partial charge is 0.489 e. The molecular weight excluding hydrogens is 238 g/mol. The van der Waals surface area contributed by atoms with Crippen LogP contribution >= 0.6 is 0 Å². The van der Waals surface area contributed by atoms with Gasteiger partial charge in [-0.3, -0.25) is 4.79 Å². The van der Waals surface area contributed by atoms with Crippen LogP contribution < -0.4 is 4.74 Å². The fraction of sp³-hybridized carbons (Fsp3) is 0.562. The maximum absolute atomic E-state index is 12.5. The van der Waals surface area contributed by atoms with Crippen molar-refractivity contribution >= 4 is 5.91 Å². The minimum atomic E-state index is 0.0435. The van der Waals surface area contributed by atoms with Crippen molar-refractivity contribution in [2.75, 3.05) is 6.54 Å². The third kappa shape index (κ3) is 3.09. The number of carbonyl (C=O) groups excluding carboxylic acids is 1. The van der Waals surface area contributed by atoms with Crippen LogP contribution in [0, 0.1) is 5.92 Å². The van der Waals surface area contributed by atoms with Crippen molar-refractivity contribution in [3.8, 4) is 5.75 Å². The molecule has 1 amide bonds. The standard InChI is InChI=1S/C16H23NO2/c1-4-13(5-2)16(18)17-10-12(3)19-15-9-7-6-8-14(15)11-17/h6-9,12-13H,4-5,10-11H2,1-3H3. The van der Waals surface area contributed by atoms with E-state index in [1.807, 2.05) is 36.1 Å². The number of fused-ring (bicyclic) bond motifs is 1. The van der Waals surface area contributed by atoms with Crippen molar-refractivity contribution in [1.29, 1.82) is 0 Å². The van der Waals surface area contributed by atoms with E-state index < -0.39 is 0 Å². The molecule has 104 valence electrons. The first-order chi connectivity index (χ1) is 9.15. The number of hydrogen-bond donors (Lipinski definition) is 0. The number of amides is 1. The highest BCUT2D eigenvalue weighted by atomic mass is 16.5. The van der Waals surface area contributed by atoms with E-state index in [1.165, 1.54) is 0 Å². The number of para-hydroxylation sites is 1. The fourth-order valence-corrected chi connectivity index (χ4v) is 2.65. The molecule has 0 aliphatic carbocycles. The number of carbonyl (C=O) groups is 1. The molecule has 0 spiro atoms. The van der Waals surface area contributed by atoms with E-state index in [0.717, 1.165) is 24.2 Å². The summed E-state index contributed by atoms with van der Waals surface area (Å²) in [4.78, 5) is 14.5. The van der Waals surface area contributed by atoms with E-state index >= 15 is 0 Å². The Morgan fingerprint density at radius 2 is 2.05 bits per heavy atom. The number of ether oxygens (including phenoxy) is 1. The number of benzene rings is 1. The Hall–Kier alpha value is -1.51. The number of rotatable bonds is 3. The van der Waals surface area contributed by atoms with Gasteiger partial charge >= 0.3 is 0 Å². The fourth-order valence-electron chi connectivity index (χ4n) is 2.65. The molecule has 1 aromatic rings. The van der Waals surface area contributed by atoms with Crippen LogP contribution in [0.15, 0.2) is 24.3 Å². The Bertz CT molecular complexity index is 440. The minimum Gasteiger partial charge on any atom is -0.489 e. The first-order valence-corrected chi connectivity index (χ1v) is 7.19. The highest BCUT2D eigenvalue weighted by molar-refractivity contribution is 5.79. The van der Waals surface area contributed by atoms with Gasteiger partial charge in [-0.15, -0.1) is 0 Å². The maximum atomic E-state index is 12.5. The summed E-state index contributed by atoms with van der Waals surface area (Å²) in [5.41, 5.74) is 1.10. The minimum absolute atomic E-state index is 0.0435. The molecule has 1 aromatic carbocycles. The Kier molecular flexibility index (Phi) is 4.46. The summed E-state index contributed by atoms with van der Waals surface area (Å²) in [5, 5.41) is 0. The molecule has 1 unspecified atom stereocenters. The summed E-state index contributed by atoms with van der Waals surface area (Å²) < 4.78 is 5.89. The lowest BCUT2D eigenvalue weighted by Crippen LogP contribution is -2.39. The number of nitrogens with zero attached hydrogens (tertiary/aromatic N) is 1. The third-order valence-corrected chi connectivity index (χ3v) is 3.79. The van der Waals surface area contributed by atoms with Gasteiger partial charge in [0, 0.05) is 18.0 Å². The molecule has 19 heavy (non-hydrogen) atoms. The van der Waals surface area contributed by atoms with Crippen LogP contribution in [0.1, 0.15) is 39.2 Å². The molecule has 3 heteroatoms. The van der Waals surface area contributed by atoms with Crippen LogP contribution in [0.25, 0.3) is 0 Å². The average Bonchev–Trinajstić information content (AvgIpc) is 2.57. The van der Waals surface area contributed by atoms with Crippen molar-refractivity contribution in [3.63, 3.8) is 0 Å². The van der Waals surface area contributed by atoms with Crippen LogP contribution in [-0.4, -0.2) is 23.5 Å². The van der Waals surface area contributed by atoms with E-state index in [9.17, 15) is 4.79 Å². The zero-order valence-electron chi connectivity index (χ0n) is 12.1. The van der Waals surface area contributed by atoms with Crippen LogP contribution in [-0.2, 0) is 11.3 Å². The van der Waals surface area contributed by atoms with Crippen LogP contribution in [0.3, 0.4) is 0 Å². The molecule has 0 saturated carbocycles. The van der Waals surface area contributed by atoms with Gasteiger partial charge in [-0.1, -0.05) is 32.0 Å². The molecule has 1 aliphatic rings. The molecule has 3 nitrogen and oxygen atoms in total. The summed E-state index contributed by atoms with van der Waals surface area (Å²) in [6.07, 6.45) is 1.85. The van der Waals surface area contributed by atoms with Gasteiger partial charge in [0.25, 0.3) is 0 Å². The monoisotopic (exact) mass is 261 g/mol. The van der Waals surface area contributed by atoms with Crippen molar-refractivity contribution < 1.29 is 9.53 Å². The molecule has 0 aromatic heterocycles. The van der Waals surface area contributed by atoms with E-state index in [0.29, 0.717) is 13.1 Å². The second-order valence-electron chi connectivity index (χ2n) is 5.27. The van der Waals surface area contributed by atoms with E-state index in [2.05, 4.69) is 13.8 Å². The van der Waals surface area contributed by atoms with Crippen LogP contribution in [0.4, 0.5) is 0 Å². The van der Waals surface area contributed by atoms with Gasteiger partial charge in [0.05, 0.1) is 6.54 Å². The summed E-state index contributed by atoms with van der Waals surface area (Å²) in [6, 6.07) is 8.00. The summed E-state index contributed by atoms with van der Waals surface area (Å²) in [5.74, 6) is 1.31. The molecule has 2 rings (SSSR count). The molecule has 0 saturated heterocycles. The van der Waals surface area contributed by atoms with E-state index in [1.54, 1.807) is 0 Å². The summed E-state index contributed by atoms with van der Waals surface area (Å²) >= 11 is 0. The maximum Gasteiger partial charge on any atom is 0.226 e. The SMILES string of the molecule is CCC(CC)C(=O)N1Cc2ccccc2OC(C)C1. The number of hydrogen-bond acceptors (Lipinski definition) is 2. The molecule has 1 aliphatic heterocycles. The van der Waals surface area contributed by atoms with Crippen molar-refractivity contribution in [3.05, 3.63) is 29.8 Å². The smallest absolute Gasteiger partial charge is 0.226 e. The molecular formula is C16H23NO2. The summed E-state index contributed by atoms with van der Waals surface area (Å²) in [7, 11) is 0. The van der Waals surface area contributed by atoms with Gasteiger partial charge in [0.2, 0.25) is 5.91 Å². The highest BCUT2D eigenvalue weighted by Crippen LogP contribution is 2.26. The van der Waals surface area contributed by atoms with Crippen LogP contribution in [0.5, 0.6) is 5.75 Å². The lowest BCUT2D eigenvalue weighted by Gasteiger charge is -2.26. The lowest BCUT2D eigenvalue weighted by molar-refractivity contribution is -0.137. The van der Waals surface area contributed by atoms with Gasteiger partial charge in [-0.25, -0.2) is 0 Å².